The number of carbonyl (C=O) groups excluding carboxylic acids is 1. The van der Waals surface area contributed by atoms with E-state index in [1.807, 2.05) is 26.0 Å². The number of fused-ring (bicyclic) bond motifs is 1. The fourth-order valence-corrected chi connectivity index (χ4v) is 2.77. The molecule has 0 aliphatic carbocycles. The van der Waals surface area contributed by atoms with Crippen LogP contribution in [0.3, 0.4) is 0 Å². The van der Waals surface area contributed by atoms with Crippen LogP contribution in [0.5, 0.6) is 0 Å². The number of carboxylic acid groups (broad SMARTS) is 1. The average Bonchev–Trinajstić information content (AvgIpc) is 2.97. The number of aliphatic carboxylic acids is 1. The summed E-state index contributed by atoms with van der Waals surface area (Å²) in [5.74, 6) is -1.01. The maximum Gasteiger partial charge on any atom is 0.320 e. The lowest BCUT2D eigenvalue weighted by Gasteiger charge is -2.24. The molecule has 1 aliphatic heterocycles. The second-order valence-corrected chi connectivity index (χ2v) is 6.00. The Morgan fingerprint density at radius 3 is 2.73 bits per heavy atom. The highest BCUT2D eigenvalue weighted by atomic mass is 16.4. The van der Waals surface area contributed by atoms with Crippen LogP contribution in [-0.2, 0) is 11.2 Å². The van der Waals surface area contributed by atoms with Gasteiger partial charge in [-0.15, -0.1) is 0 Å². The number of hydrogen-bond donors (Lipinski definition) is 3. The first kappa shape index (κ1) is 16.5. The van der Waals surface area contributed by atoms with Crippen LogP contribution in [-0.4, -0.2) is 35.5 Å². The van der Waals surface area contributed by atoms with E-state index in [0.29, 0.717) is 5.56 Å². The summed E-state index contributed by atoms with van der Waals surface area (Å²) < 4.78 is 0. The van der Waals surface area contributed by atoms with Gasteiger partial charge in [-0.25, -0.2) is 0 Å². The molecule has 1 aliphatic rings. The molecule has 0 saturated heterocycles. The number of carboxylic acids is 1. The number of ketones is 1. The van der Waals surface area contributed by atoms with E-state index in [4.69, 9.17) is 0 Å². The zero-order valence-electron chi connectivity index (χ0n) is 13.3. The fraction of sp³-hybridized carbons (Fsp3) is 0.529. The molecule has 0 amide bonds. The van der Waals surface area contributed by atoms with Gasteiger partial charge >= 0.3 is 5.97 Å². The lowest BCUT2D eigenvalue weighted by atomic mass is 9.96. The highest BCUT2D eigenvalue weighted by Crippen LogP contribution is 2.23. The molecule has 2 rings (SSSR count). The third-order valence-electron chi connectivity index (χ3n) is 4.40. The van der Waals surface area contributed by atoms with E-state index in [9.17, 15) is 14.7 Å². The summed E-state index contributed by atoms with van der Waals surface area (Å²) in [7, 11) is 0. The van der Waals surface area contributed by atoms with Gasteiger partial charge in [-0.2, -0.15) is 0 Å². The molecule has 1 heterocycles. The normalized spacial score (nSPS) is 17.2. The van der Waals surface area contributed by atoms with Crippen molar-refractivity contribution in [3.05, 3.63) is 29.3 Å². The third kappa shape index (κ3) is 3.47. The Labute approximate surface area is 131 Å². The van der Waals surface area contributed by atoms with E-state index in [-0.39, 0.29) is 11.7 Å². The van der Waals surface area contributed by atoms with E-state index in [0.717, 1.165) is 30.6 Å². The molecule has 0 fully saturated rings. The van der Waals surface area contributed by atoms with Crippen LogP contribution >= 0.6 is 0 Å². The number of carbonyl (C=O) groups is 2. The Morgan fingerprint density at radius 1 is 1.36 bits per heavy atom. The van der Waals surface area contributed by atoms with Gasteiger partial charge in [-0.3, -0.25) is 14.9 Å². The molecule has 120 valence electrons. The Hall–Kier alpha value is -1.88. The van der Waals surface area contributed by atoms with Crippen molar-refractivity contribution in [2.45, 2.75) is 45.7 Å². The number of rotatable bonds is 7. The predicted octanol–water partition coefficient (Wildman–Crippen LogP) is 2.31. The Bertz CT molecular complexity index is 571. The minimum absolute atomic E-state index is 0.0306. The van der Waals surface area contributed by atoms with Crippen molar-refractivity contribution in [2.24, 2.45) is 5.92 Å². The summed E-state index contributed by atoms with van der Waals surface area (Å²) in [6, 6.07) is 4.40. The van der Waals surface area contributed by atoms with E-state index in [1.165, 1.54) is 0 Å². The van der Waals surface area contributed by atoms with Gasteiger partial charge in [0.1, 0.15) is 6.04 Å². The summed E-state index contributed by atoms with van der Waals surface area (Å²) in [5, 5.41) is 15.5. The lowest BCUT2D eigenvalue weighted by Crippen LogP contribution is -2.48. The molecular formula is C17H24N2O3. The first-order valence-electron chi connectivity index (χ1n) is 7.84. The van der Waals surface area contributed by atoms with Crippen LogP contribution in [0.1, 0.15) is 43.1 Å². The van der Waals surface area contributed by atoms with Gasteiger partial charge < -0.3 is 10.4 Å². The maximum absolute atomic E-state index is 12.5. The Morgan fingerprint density at radius 2 is 2.09 bits per heavy atom. The Kier molecular flexibility index (Phi) is 5.19. The van der Waals surface area contributed by atoms with Gasteiger partial charge in [0.25, 0.3) is 0 Å². The molecule has 22 heavy (non-hydrogen) atoms. The molecule has 0 spiro atoms. The number of anilines is 1. The van der Waals surface area contributed by atoms with Gasteiger partial charge in [0.2, 0.25) is 0 Å². The minimum Gasteiger partial charge on any atom is -0.480 e. The standard InChI is InChI=1S/C17H24N2O3/c1-4-10(2)15(17(21)22)19-11(3)16(20)13-5-6-14-12(9-13)7-8-18-14/h5-6,9-11,15,18-19H,4,7-8H2,1-3H3,(H,21,22). The summed E-state index contributed by atoms with van der Waals surface area (Å²) in [6.45, 7) is 6.45. The molecule has 0 bridgehead atoms. The van der Waals surface area contributed by atoms with Crippen LogP contribution in [0.4, 0.5) is 5.69 Å². The highest BCUT2D eigenvalue weighted by molar-refractivity contribution is 6.00. The molecule has 3 N–H and O–H groups in total. The second-order valence-electron chi connectivity index (χ2n) is 6.00. The van der Waals surface area contributed by atoms with Gasteiger partial charge in [0.05, 0.1) is 6.04 Å². The van der Waals surface area contributed by atoms with Crippen LogP contribution in [0.25, 0.3) is 0 Å². The SMILES string of the molecule is CCC(C)C(NC(C)C(=O)c1ccc2c(c1)CCN2)C(=O)O. The average molecular weight is 304 g/mol. The van der Waals surface area contributed by atoms with Crippen LogP contribution < -0.4 is 10.6 Å². The second kappa shape index (κ2) is 6.92. The summed E-state index contributed by atoms with van der Waals surface area (Å²) >= 11 is 0. The monoisotopic (exact) mass is 304 g/mol. The maximum atomic E-state index is 12.5. The molecular weight excluding hydrogens is 280 g/mol. The van der Waals surface area contributed by atoms with E-state index >= 15 is 0 Å². The van der Waals surface area contributed by atoms with Crippen molar-refractivity contribution in [1.29, 1.82) is 0 Å². The van der Waals surface area contributed by atoms with E-state index < -0.39 is 18.1 Å². The molecule has 1 aromatic rings. The Balaban J connectivity index is 2.09. The summed E-state index contributed by atoms with van der Waals surface area (Å²) in [4.78, 5) is 23.9. The number of hydrogen-bond acceptors (Lipinski definition) is 4. The number of nitrogens with one attached hydrogen (secondary N) is 2. The van der Waals surface area contributed by atoms with Gasteiger partial charge in [-0.1, -0.05) is 20.3 Å². The fourth-order valence-electron chi connectivity index (χ4n) is 2.77. The topological polar surface area (TPSA) is 78.4 Å². The van der Waals surface area contributed by atoms with Crippen LogP contribution in [0, 0.1) is 5.92 Å². The molecule has 1 aromatic carbocycles. The minimum atomic E-state index is -0.910. The van der Waals surface area contributed by atoms with E-state index in [2.05, 4.69) is 10.6 Å². The van der Waals surface area contributed by atoms with Crippen LogP contribution in [0.15, 0.2) is 18.2 Å². The largest absolute Gasteiger partial charge is 0.480 e. The van der Waals surface area contributed by atoms with Crippen LogP contribution in [0.2, 0.25) is 0 Å². The summed E-state index contributed by atoms with van der Waals surface area (Å²) in [5.41, 5.74) is 2.87. The number of benzene rings is 1. The molecule has 5 nitrogen and oxygen atoms in total. The van der Waals surface area contributed by atoms with Gasteiger partial charge in [0.15, 0.2) is 5.78 Å². The molecule has 0 radical (unpaired) electrons. The van der Waals surface area contributed by atoms with E-state index in [1.54, 1.807) is 13.0 Å². The molecule has 3 atom stereocenters. The zero-order valence-corrected chi connectivity index (χ0v) is 13.3. The van der Waals surface area contributed by atoms with Crippen molar-refractivity contribution in [3.63, 3.8) is 0 Å². The van der Waals surface area contributed by atoms with Crippen molar-refractivity contribution >= 4 is 17.4 Å². The third-order valence-corrected chi connectivity index (χ3v) is 4.40. The highest BCUT2D eigenvalue weighted by Gasteiger charge is 2.28. The zero-order chi connectivity index (χ0) is 16.3. The van der Waals surface area contributed by atoms with Crippen molar-refractivity contribution < 1.29 is 14.7 Å². The smallest absolute Gasteiger partial charge is 0.320 e. The summed E-state index contributed by atoms with van der Waals surface area (Å²) in [6.07, 6.45) is 1.66. The first-order chi connectivity index (χ1) is 10.4. The molecule has 0 saturated carbocycles. The van der Waals surface area contributed by atoms with Gasteiger partial charge in [0, 0.05) is 17.8 Å². The first-order valence-corrected chi connectivity index (χ1v) is 7.84. The predicted molar refractivity (Wildman–Crippen MR) is 86.4 cm³/mol. The van der Waals surface area contributed by atoms with Crippen molar-refractivity contribution in [3.8, 4) is 0 Å². The van der Waals surface area contributed by atoms with Gasteiger partial charge in [-0.05, 0) is 43.0 Å². The molecule has 5 heteroatoms. The molecule has 0 aromatic heterocycles. The molecule has 3 unspecified atom stereocenters. The van der Waals surface area contributed by atoms with Crippen molar-refractivity contribution in [2.75, 3.05) is 11.9 Å². The quantitative estimate of drug-likeness (QED) is 0.674. The number of Topliss-reactive ketones (excluding diaryl/α,β-unsaturated/α-hetero) is 1. The lowest BCUT2D eigenvalue weighted by molar-refractivity contribution is -0.141. The van der Waals surface area contributed by atoms with Crippen molar-refractivity contribution in [1.82, 2.24) is 5.32 Å².